The standard InChI is InChI=1S/C15H18N4O4/c16-14(20)11-3-4-12(13(9-11)19(22)23)17-5-7-18(8-6-17)15(21)10-1-2-10/h3-4,9-10H,1-2,5-8H2,(H2,16,20). The van der Waals surface area contributed by atoms with E-state index in [0.717, 1.165) is 12.8 Å². The Morgan fingerprint density at radius 2 is 1.83 bits per heavy atom. The first-order valence-electron chi connectivity index (χ1n) is 7.59. The lowest BCUT2D eigenvalue weighted by molar-refractivity contribution is -0.384. The van der Waals surface area contributed by atoms with Gasteiger partial charge in [0.05, 0.1) is 4.92 Å². The summed E-state index contributed by atoms with van der Waals surface area (Å²) in [4.78, 5) is 37.7. The van der Waals surface area contributed by atoms with Crippen molar-refractivity contribution in [1.29, 1.82) is 0 Å². The third-order valence-corrected chi connectivity index (χ3v) is 4.32. The molecule has 23 heavy (non-hydrogen) atoms. The van der Waals surface area contributed by atoms with Crippen LogP contribution in [0.15, 0.2) is 18.2 Å². The summed E-state index contributed by atoms with van der Waals surface area (Å²) >= 11 is 0. The zero-order valence-corrected chi connectivity index (χ0v) is 12.6. The zero-order valence-electron chi connectivity index (χ0n) is 12.6. The smallest absolute Gasteiger partial charge is 0.293 e. The van der Waals surface area contributed by atoms with Crippen LogP contribution >= 0.6 is 0 Å². The van der Waals surface area contributed by atoms with Crippen LogP contribution < -0.4 is 10.6 Å². The second-order valence-electron chi connectivity index (χ2n) is 5.91. The number of hydrogen-bond donors (Lipinski definition) is 1. The van der Waals surface area contributed by atoms with E-state index in [2.05, 4.69) is 0 Å². The molecule has 1 aromatic carbocycles. The molecule has 0 aromatic heterocycles. The number of rotatable bonds is 4. The second-order valence-corrected chi connectivity index (χ2v) is 5.91. The summed E-state index contributed by atoms with van der Waals surface area (Å²) < 4.78 is 0. The van der Waals surface area contributed by atoms with Gasteiger partial charge in [0.2, 0.25) is 11.8 Å². The van der Waals surface area contributed by atoms with Gasteiger partial charge in [0.15, 0.2) is 0 Å². The van der Waals surface area contributed by atoms with Crippen molar-refractivity contribution in [1.82, 2.24) is 4.90 Å². The van der Waals surface area contributed by atoms with E-state index in [1.165, 1.54) is 12.1 Å². The molecule has 122 valence electrons. The van der Waals surface area contributed by atoms with Crippen LogP contribution in [0.1, 0.15) is 23.2 Å². The molecule has 1 aliphatic heterocycles. The number of anilines is 1. The van der Waals surface area contributed by atoms with Gasteiger partial charge in [-0.25, -0.2) is 0 Å². The second kappa shape index (κ2) is 5.86. The van der Waals surface area contributed by atoms with Gasteiger partial charge in [-0.15, -0.1) is 0 Å². The number of piperazine rings is 1. The van der Waals surface area contributed by atoms with Crippen molar-refractivity contribution in [3.05, 3.63) is 33.9 Å². The SMILES string of the molecule is NC(=O)c1ccc(N2CCN(C(=O)C3CC3)CC2)c([N+](=O)[O-])c1. The van der Waals surface area contributed by atoms with Gasteiger partial charge >= 0.3 is 0 Å². The zero-order chi connectivity index (χ0) is 16.6. The van der Waals surface area contributed by atoms with Gasteiger partial charge < -0.3 is 15.5 Å². The van der Waals surface area contributed by atoms with Crippen LogP contribution in [0.25, 0.3) is 0 Å². The summed E-state index contributed by atoms with van der Waals surface area (Å²) in [5, 5.41) is 11.3. The molecular formula is C15H18N4O4. The number of carbonyl (C=O) groups excluding carboxylic acids is 2. The fraction of sp³-hybridized carbons (Fsp3) is 0.467. The monoisotopic (exact) mass is 318 g/mol. The molecule has 0 spiro atoms. The molecule has 8 nitrogen and oxygen atoms in total. The Labute approximate surface area is 133 Å². The number of nitrogens with zero attached hydrogens (tertiary/aromatic N) is 3. The predicted molar refractivity (Wildman–Crippen MR) is 83.1 cm³/mol. The van der Waals surface area contributed by atoms with E-state index in [9.17, 15) is 19.7 Å². The van der Waals surface area contributed by atoms with E-state index in [1.807, 2.05) is 9.80 Å². The molecule has 1 saturated heterocycles. The highest BCUT2D eigenvalue weighted by atomic mass is 16.6. The third-order valence-electron chi connectivity index (χ3n) is 4.32. The molecule has 0 atom stereocenters. The van der Waals surface area contributed by atoms with Crippen molar-refractivity contribution in [2.24, 2.45) is 11.7 Å². The van der Waals surface area contributed by atoms with Crippen LogP contribution in [0.4, 0.5) is 11.4 Å². The maximum absolute atomic E-state index is 12.0. The maximum Gasteiger partial charge on any atom is 0.293 e. The topological polar surface area (TPSA) is 110 Å². The quantitative estimate of drug-likeness (QED) is 0.651. The fourth-order valence-electron chi connectivity index (χ4n) is 2.85. The summed E-state index contributed by atoms with van der Waals surface area (Å²) in [5.41, 5.74) is 5.61. The first-order valence-corrected chi connectivity index (χ1v) is 7.59. The van der Waals surface area contributed by atoms with E-state index in [1.54, 1.807) is 6.07 Å². The van der Waals surface area contributed by atoms with Gasteiger partial charge in [0.25, 0.3) is 5.69 Å². The normalized spacial score (nSPS) is 17.9. The lowest BCUT2D eigenvalue weighted by Crippen LogP contribution is -2.49. The fourth-order valence-corrected chi connectivity index (χ4v) is 2.85. The van der Waals surface area contributed by atoms with E-state index in [0.29, 0.717) is 31.9 Å². The maximum atomic E-state index is 12.0. The van der Waals surface area contributed by atoms with Crippen molar-refractivity contribution in [2.75, 3.05) is 31.1 Å². The Morgan fingerprint density at radius 3 is 2.35 bits per heavy atom. The summed E-state index contributed by atoms with van der Waals surface area (Å²) in [7, 11) is 0. The van der Waals surface area contributed by atoms with Crippen molar-refractivity contribution in [3.8, 4) is 0 Å². The van der Waals surface area contributed by atoms with Gasteiger partial charge in [0, 0.05) is 43.7 Å². The molecule has 3 rings (SSSR count). The Balaban J connectivity index is 1.75. The molecule has 0 radical (unpaired) electrons. The highest BCUT2D eigenvalue weighted by Gasteiger charge is 2.35. The summed E-state index contributed by atoms with van der Waals surface area (Å²) in [6.45, 7) is 2.19. The number of nitro groups is 1. The van der Waals surface area contributed by atoms with Gasteiger partial charge in [-0.3, -0.25) is 19.7 Å². The van der Waals surface area contributed by atoms with Crippen LogP contribution in [-0.2, 0) is 4.79 Å². The van der Waals surface area contributed by atoms with E-state index < -0.39 is 10.8 Å². The first-order chi connectivity index (χ1) is 11.0. The number of amides is 2. The number of carbonyl (C=O) groups is 2. The molecule has 2 amide bonds. The van der Waals surface area contributed by atoms with Gasteiger partial charge in [-0.1, -0.05) is 0 Å². The molecule has 1 heterocycles. The molecule has 8 heteroatoms. The molecule has 0 unspecified atom stereocenters. The van der Waals surface area contributed by atoms with Crippen molar-refractivity contribution >= 4 is 23.2 Å². The third kappa shape index (κ3) is 3.10. The average Bonchev–Trinajstić information content (AvgIpc) is 3.38. The Hall–Kier alpha value is -2.64. The van der Waals surface area contributed by atoms with E-state index in [-0.39, 0.29) is 23.1 Å². The molecule has 1 saturated carbocycles. The molecule has 0 bridgehead atoms. The van der Waals surface area contributed by atoms with E-state index >= 15 is 0 Å². The number of nitro benzene ring substituents is 1. The molecule has 2 aliphatic rings. The molecule has 2 N–H and O–H groups in total. The van der Waals surface area contributed by atoms with Crippen LogP contribution in [0.5, 0.6) is 0 Å². The lowest BCUT2D eigenvalue weighted by Gasteiger charge is -2.36. The molecule has 1 aliphatic carbocycles. The summed E-state index contributed by atoms with van der Waals surface area (Å²) in [6.07, 6.45) is 1.94. The number of hydrogen-bond acceptors (Lipinski definition) is 5. The lowest BCUT2D eigenvalue weighted by atomic mass is 10.1. The number of nitrogens with two attached hydrogens (primary N) is 1. The largest absolute Gasteiger partial charge is 0.366 e. The van der Waals surface area contributed by atoms with Crippen LogP contribution in [0.2, 0.25) is 0 Å². The van der Waals surface area contributed by atoms with Crippen molar-refractivity contribution in [2.45, 2.75) is 12.8 Å². The van der Waals surface area contributed by atoms with Gasteiger partial charge in [-0.2, -0.15) is 0 Å². The van der Waals surface area contributed by atoms with Crippen LogP contribution in [-0.4, -0.2) is 47.8 Å². The van der Waals surface area contributed by atoms with Crippen molar-refractivity contribution < 1.29 is 14.5 Å². The number of primary amides is 1. The highest BCUT2D eigenvalue weighted by molar-refractivity contribution is 5.94. The van der Waals surface area contributed by atoms with Crippen molar-refractivity contribution in [3.63, 3.8) is 0 Å². The minimum absolute atomic E-state index is 0.114. The number of benzene rings is 1. The molecule has 1 aromatic rings. The Morgan fingerprint density at radius 1 is 1.17 bits per heavy atom. The Kier molecular flexibility index (Phi) is 3.89. The molecular weight excluding hydrogens is 300 g/mol. The summed E-state index contributed by atoms with van der Waals surface area (Å²) in [6, 6.07) is 4.25. The van der Waals surface area contributed by atoms with E-state index in [4.69, 9.17) is 5.73 Å². The van der Waals surface area contributed by atoms with Gasteiger partial charge in [0.1, 0.15) is 5.69 Å². The highest BCUT2D eigenvalue weighted by Crippen LogP contribution is 2.33. The van der Waals surface area contributed by atoms with Gasteiger partial charge in [-0.05, 0) is 25.0 Å². The summed E-state index contributed by atoms with van der Waals surface area (Å²) in [5.74, 6) is -0.312. The average molecular weight is 318 g/mol. The van der Waals surface area contributed by atoms with Crippen LogP contribution in [0.3, 0.4) is 0 Å². The minimum atomic E-state index is -0.695. The first kappa shape index (κ1) is 15.3. The minimum Gasteiger partial charge on any atom is -0.366 e. The van der Waals surface area contributed by atoms with Crippen LogP contribution in [0, 0.1) is 16.0 Å². The molecule has 2 fully saturated rings. The predicted octanol–water partition coefficient (Wildman–Crippen LogP) is 0.752. The Bertz CT molecular complexity index is 663.